The van der Waals surface area contributed by atoms with Crippen LogP contribution in [0.25, 0.3) is 0 Å². The number of carbonyl (C=O) groups is 2. The summed E-state index contributed by atoms with van der Waals surface area (Å²) in [6.45, 7) is 2.34. The number of hydrogen-bond donors (Lipinski definition) is 1. The summed E-state index contributed by atoms with van der Waals surface area (Å²) in [7, 11) is 3.04. The molecule has 1 saturated heterocycles. The maximum Gasteiger partial charge on any atom is 0.227 e. The van der Waals surface area contributed by atoms with E-state index >= 15 is 0 Å². The second-order valence-corrected chi connectivity index (χ2v) is 8.27. The van der Waals surface area contributed by atoms with E-state index in [0.29, 0.717) is 22.2 Å². The Morgan fingerprint density at radius 2 is 1.93 bits per heavy atom. The number of ether oxygens (including phenoxy) is 2. The second-order valence-electron chi connectivity index (χ2n) is 7.87. The lowest BCUT2D eigenvalue weighted by Crippen LogP contribution is -2.35. The van der Waals surface area contributed by atoms with Crippen molar-refractivity contribution in [3.63, 3.8) is 0 Å². The summed E-state index contributed by atoms with van der Waals surface area (Å²) in [5.74, 6) is 0.303. The van der Waals surface area contributed by atoms with Crippen LogP contribution in [0.4, 0.5) is 5.69 Å². The molecule has 30 heavy (non-hydrogen) atoms. The molecule has 0 spiro atoms. The minimum absolute atomic E-state index is 0.00141. The van der Waals surface area contributed by atoms with E-state index in [1.165, 1.54) is 30.9 Å². The van der Waals surface area contributed by atoms with E-state index in [4.69, 9.17) is 21.1 Å². The summed E-state index contributed by atoms with van der Waals surface area (Å²) in [4.78, 5) is 27.3. The van der Waals surface area contributed by atoms with Crippen LogP contribution >= 0.6 is 11.6 Å². The number of amides is 2. The highest BCUT2D eigenvalue weighted by Crippen LogP contribution is 2.40. The molecule has 2 atom stereocenters. The molecule has 1 heterocycles. The summed E-state index contributed by atoms with van der Waals surface area (Å²) in [6.07, 6.45) is 2.00. The quantitative estimate of drug-likeness (QED) is 0.786. The van der Waals surface area contributed by atoms with Crippen LogP contribution < -0.4 is 19.7 Å². The molecule has 1 aliphatic heterocycles. The van der Waals surface area contributed by atoms with Gasteiger partial charge in [-0.2, -0.15) is 0 Å². The van der Waals surface area contributed by atoms with E-state index in [9.17, 15) is 9.59 Å². The fourth-order valence-corrected chi connectivity index (χ4v) is 4.57. The van der Waals surface area contributed by atoms with Crippen LogP contribution in [-0.2, 0) is 16.0 Å². The second kappa shape index (κ2) is 8.19. The highest BCUT2D eigenvalue weighted by Gasteiger charge is 2.38. The van der Waals surface area contributed by atoms with Crippen molar-refractivity contribution in [3.05, 3.63) is 52.0 Å². The van der Waals surface area contributed by atoms with Crippen molar-refractivity contribution in [2.75, 3.05) is 25.7 Å². The molecule has 0 saturated carbocycles. The van der Waals surface area contributed by atoms with Gasteiger partial charge in [0.05, 0.1) is 36.9 Å². The summed E-state index contributed by atoms with van der Waals surface area (Å²) in [5, 5.41) is 3.54. The molecule has 1 fully saturated rings. The van der Waals surface area contributed by atoms with Gasteiger partial charge >= 0.3 is 0 Å². The molecule has 2 aromatic rings. The number of fused-ring (bicyclic) bond motifs is 1. The maximum absolute atomic E-state index is 13.0. The highest BCUT2D eigenvalue weighted by atomic mass is 35.5. The van der Waals surface area contributed by atoms with Crippen molar-refractivity contribution in [1.29, 1.82) is 0 Å². The monoisotopic (exact) mass is 428 g/mol. The van der Waals surface area contributed by atoms with Gasteiger partial charge in [-0.25, -0.2) is 0 Å². The Balaban J connectivity index is 1.50. The van der Waals surface area contributed by atoms with E-state index in [1.807, 2.05) is 0 Å². The van der Waals surface area contributed by atoms with Gasteiger partial charge in [0.25, 0.3) is 0 Å². The van der Waals surface area contributed by atoms with Crippen LogP contribution in [0.15, 0.2) is 30.3 Å². The van der Waals surface area contributed by atoms with Crippen molar-refractivity contribution in [2.45, 2.75) is 32.2 Å². The highest BCUT2D eigenvalue weighted by molar-refractivity contribution is 6.32. The number of halogens is 1. The summed E-state index contributed by atoms with van der Waals surface area (Å²) in [6, 6.07) is 9.68. The Hall–Kier alpha value is -2.73. The van der Waals surface area contributed by atoms with Crippen LogP contribution in [0.2, 0.25) is 5.02 Å². The predicted molar refractivity (Wildman–Crippen MR) is 115 cm³/mol. The first-order valence-corrected chi connectivity index (χ1v) is 10.4. The molecule has 2 amide bonds. The average Bonchev–Trinajstić information content (AvgIpc) is 3.31. The fourth-order valence-electron chi connectivity index (χ4n) is 4.33. The molecule has 0 radical (unpaired) electrons. The van der Waals surface area contributed by atoms with Gasteiger partial charge in [-0.1, -0.05) is 35.4 Å². The lowest BCUT2D eigenvalue weighted by Gasteiger charge is -2.21. The first-order chi connectivity index (χ1) is 14.4. The third kappa shape index (κ3) is 3.72. The van der Waals surface area contributed by atoms with Gasteiger partial charge in [-0.05, 0) is 37.0 Å². The van der Waals surface area contributed by atoms with Crippen LogP contribution in [0.1, 0.15) is 35.6 Å². The summed E-state index contributed by atoms with van der Waals surface area (Å²) < 4.78 is 10.6. The number of methoxy groups -OCH3 is 2. The number of nitrogens with zero attached hydrogens (tertiary/aromatic N) is 1. The van der Waals surface area contributed by atoms with Crippen molar-refractivity contribution in [2.24, 2.45) is 5.92 Å². The van der Waals surface area contributed by atoms with E-state index < -0.39 is 5.92 Å². The molecular weight excluding hydrogens is 404 g/mol. The Kier molecular flexibility index (Phi) is 5.60. The SMILES string of the molecule is COc1cc(OC)c(N2CC(C(=O)NC3CCc4ccc(C)cc43)CC2=O)cc1Cl. The molecule has 1 N–H and O–H groups in total. The molecule has 1 aliphatic carbocycles. The van der Waals surface area contributed by atoms with Crippen molar-refractivity contribution >= 4 is 29.1 Å². The number of aryl methyl sites for hydroxylation is 2. The van der Waals surface area contributed by atoms with Crippen molar-refractivity contribution in [1.82, 2.24) is 5.32 Å². The third-order valence-electron chi connectivity index (χ3n) is 5.94. The zero-order chi connectivity index (χ0) is 21.4. The number of nitrogens with one attached hydrogen (secondary N) is 1. The molecule has 7 heteroatoms. The predicted octanol–water partition coefficient (Wildman–Crippen LogP) is 3.82. The number of benzene rings is 2. The standard InChI is InChI=1S/C23H25ClN2O4/c1-13-4-5-14-6-7-18(16(14)8-13)25-23(28)15-9-22(27)26(12-15)19-10-17(24)20(29-2)11-21(19)30-3/h4-5,8,10-11,15,18H,6-7,9,12H2,1-3H3,(H,25,28). The van der Waals surface area contributed by atoms with Gasteiger partial charge in [0.2, 0.25) is 11.8 Å². The van der Waals surface area contributed by atoms with Crippen LogP contribution in [0.3, 0.4) is 0 Å². The van der Waals surface area contributed by atoms with Gasteiger partial charge in [0, 0.05) is 19.0 Å². The molecule has 0 bridgehead atoms. The van der Waals surface area contributed by atoms with E-state index in [0.717, 1.165) is 12.8 Å². The van der Waals surface area contributed by atoms with Crippen LogP contribution in [-0.4, -0.2) is 32.6 Å². The first-order valence-electron chi connectivity index (χ1n) is 10.0. The van der Waals surface area contributed by atoms with E-state index in [2.05, 4.69) is 30.4 Å². The maximum atomic E-state index is 13.0. The first kappa shape index (κ1) is 20.5. The molecule has 158 valence electrons. The van der Waals surface area contributed by atoms with E-state index in [-0.39, 0.29) is 30.8 Å². The van der Waals surface area contributed by atoms with Gasteiger partial charge in [0.1, 0.15) is 11.5 Å². The Labute approximate surface area is 181 Å². The average molecular weight is 429 g/mol. The molecule has 6 nitrogen and oxygen atoms in total. The fraction of sp³-hybridized carbons (Fsp3) is 0.391. The molecule has 2 aliphatic rings. The number of carbonyl (C=O) groups excluding carboxylic acids is 2. The van der Waals surface area contributed by atoms with Gasteiger partial charge < -0.3 is 19.7 Å². The number of hydrogen-bond acceptors (Lipinski definition) is 4. The van der Waals surface area contributed by atoms with Crippen molar-refractivity contribution in [3.8, 4) is 11.5 Å². The van der Waals surface area contributed by atoms with Crippen molar-refractivity contribution < 1.29 is 19.1 Å². The Bertz CT molecular complexity index is 1010. The van der Waals surface area contributed by atoms with Gasteiger partial charge in [-0.15, -0.1) is 0 Å². The minimum Gasteiger partial charge on any atom is -0.495 e. The molecular formula is C23H25ClN2O4. The normalized spacial score (nSPS) is 20.3. The Morgan fingerprint density at radius 1 is 1.17 bits per heavy atom. The summed E-state index contributed by atoms with van der Waals surface area (Å²) >= 11 is 6.26. The van der Waals surface area contributed by atoms with Gasteiger partial charge in [0.15, 0.2) is 0 Å². The smallest absolute Gasteiger partial charge is 0.227 e. The largest absolute Gasteiger partial charge is 0.495 e. The molecule has 0 aromatic heterocycles. The number of rotatable bonds is 5. The zero-order valence-corrected chi connectivity index (χ0v) is 18.1. The summed E-state index contributed by atoms with van der Waals surface area (Å²) in [5.41, 5.74) is 4.20. The van der Waals surface area contributed by atoms with Crippen LogP contribution in [0, 0.1) is 12.8 Å². The number of anilines is 1. The lowest BCUT2D eigenvalue weighted by molar-refractivity contribution is -0.127. The third-order valence-corrected chi connectivity index (χ3v) is 6.23. The lowest BCUT2D eigenvalue weighted by atomic mass is 10.0. The zero-order valence-electron chi connectivity index (χ0n) is 17.3. The topological polar surface area (TPSA) is 67.9 Å². The minimum atomic E-state index is -0.419. The molecule has 4 rings (SSSR count). The molecule has 2 aromatic carbocycles. The van der Waals surface area contributed by atoms with E-state index in [1.54, 1.807) is 17.0 Å². The van der Waals surface area contributed by atoms with Gasteiger partial charge in [-0.3, -0.25) is 9.59 Å². The van der Waals surface area contributed by atoms with Crippen LogP contribution in [0.5, 0.6) is 11.5 Å². The Morgan fingerprint density at radius 3 is 2.67 bits per heavy atom. The molecule has 2 unspecified atom stereocenters.